The summed E-state index contributed by atoms with van der Waals surface area (Å²) >= 11 is 3.39. The SMILES string of the molecule is Nc1c(NC(=O)C2CCN(C(=O)O)CC2)cnc2cc(Br)ccc12. The van der Waals surface area contributed by atoms with Crippen LogP contribution in [0.2, 0.25) is 0 Å². The Morgan fingerprint density at radius 2 is 2.04 bits per heavy atom. The molecule has 7 nitrogen and oxygen atoms in total. The molecule has 0 bridgehead atoms. The Labute approximate surface area is 147 Å². The minimum absolute atomic E-state index is 0.148. The van der Waals surface area contributed by atoms with Gasteiger partial charge in [0.05, 0.1) is 23.1 Å². The Kier molecular flexibility index (Phi) is 4.57. The third kappa shape index (κ3) is 3.28. The van der Waals surface area contributed by atoms with Gasteiger partial charge in [-0.2, -0.15) is 0 Å². The number of hydrogen-bond acceptors (Lipinski definition) is 4. The van der Waals surface area contributed by atoms with Gasteiger partial charge < -0.3 is 21.1 Å². The fraction of sp³-hybridized carbons (Fsp3) is 0.312. The summed E-state index contributed by atoms with van der Waals surface area (Å²) in [4.78, 5) is 29.0. The lowest BCUT2D eigenvalue weighted by molar-refractivity contribution is -0.121. The van der Waals surface area contributed by atoms with Crippen molar-refractivity contribution in [3.8, 4) is 0 Å². The number of aromatic nitrogens is 1. The van der Waals surface area contributed by atoms with Crippen LogP contribution in [0.3, 0.4) is 0 Å². The van der Waals surface area contributed by atoms with Gasteiger partial charge in [-0.25, -0.2) is 4.79 Å². The van der Waals surface area contributed by atoms with E-state index in [0.29, 0.717) is 37.3 Å². The van der Waals surface area contributed by atoms with Gasteiger partial charge in [-0.15, -0.1) is 0 Å². The van der Waals surface area contributed by atoms with E-state index in [4.69, 9.17) is 10.8 Å². The van der Waals surface area contributed by atoms with Crippen molar-refractivity contribution in [2.75, 3.05) is 24.1 Å². The summed E-state index contributed by atoms with van der Waals surface area (Å²) in [6.45, 7) is 0.736. The molecule has 0 aliphatic carbocycles. The number of carbonyl (C=O) groups is 2. The van der Waals surface area contributed by atoms with E-state index >= 15 is 0 Å². The van der Waals surface area contributed by atoms with E-state index in [1.807, 2.05) is 18.2 Å². The van der Waals surface area contributed by atoms with Gasteiger partial charge in [0.15, 0.2) is 0 Å². The molecule has 1 aromatic carbocycles. The molecule has 0 saturated carbocycles. The third-order valence-electron chi connectivity index (χ3n) is 4.27. The Morgan fingerprint density at radius 1 is 1.33 bits per heavy atom. The molecule has 0 spiro atoms. The van der Waals surface area contributed by atoms with Crippen molar-refractivity contribution in [1.82, 2.24) is 9.88 Å². The number of piperidine rings is 1. The number of anilines is 2. The number of carboxylic acid groups (broad SMARTS) is 1. The molecule has 2 aromatic rings. The van der Waals surface area contributed by atoms with E-state index in [0.717, 1.165) is 15.4 Å². The number of benzene rings is 1. The van der Waals surface area contributed by atoms with Gasteiger partial charge in [0.25, 0.3) is 0 Å². The van der Waals surface area contributed by atoms with Gasteiger partial charge in [0.1, 0.15) is 0 Å². The van der Waals surface area contributed by atoms with E-state index in [-0.39, 0.29) is 11.8 Å². The average molecular weight is 393 g/mol. The summed E-state index contributed by atoms with van der Waals surface area (Å²) < 4.78 is 0.906. The molecule has 1 fully saturated rings. The lowest BCUT2D eigenvalue weighted by Crippen LogP contribution is -2.40. The number of halogens is 1. The van der Waals surface area contributed by atoms with Crippen LogP contribution in [0.25, 0.3) is 10.9 Å². The van der Waals surface area contributed by atoms with Gasteiger partial charge in [0, 0.05) is 28.9 Å². The monoisotopic (exact) mass is 392 g/mol. The molecule has 2 amide bonds. The first-order valence-corrected chi connectivity index (χ1v) is 8.37. The number of amides is 2. The minimum atomic E-state index is -0.942. The van der Waals surface area contributed by atoms with Crippen molar-refractivity contribution in [1.29, 1.82) is 0 Å². The topological polar surface area (TPSA) is 109 Å². The van der Waals surface area contributed by atoms with Crippen LogP contribution < -0.4 is 11.1 Å². The molecular formula is C16H17BrN4O3. The maximum absolute atomic E-state index is 12.4. The lowest BCUT2D eigenvalue weighted by Gasteiger charge is -2.29. The highest BCUT2D eigenvalue weighted by Gasteiger charge is 2.27. The molecule has 8 heteroatoms. The second-order valence-corrected chi connectivity index (χ2v) is 6.70. The van der Waals surface area contributed by atoms with Crippen LogP contribution in [0.15, 0.2) is 28.9 Å². The van der Waals surface area contributed by atoms with E-state index < -0.39 is 6.09 Å². The first-order valence-electron chi connectivity index (χ1n) is 7.58. The number of likely N-dealkylation sites (tertiary alicyclic amines) is 1. The van der Waals surface area contributed by atoms with Crippen molar-refractivity contribution in [2.24, 2.45) is 5.92 Å². The average Bonchev–Trinajstić information content (AvgIpc) is 2.57. The number of fused-ring (bicyclic) bond motifs is 1. The van der Waals surface area contributed by atoms with Crippen LogP contribution in [0.5, 0.6) is 0 Å². The fourth-order valence-corrected chi connectivity index (χ4v) is 3.20. The van der Waals surface area contributed by atoms with Crippen molar-refractivity contribution >= 4 is 50.2 Å². The van der Waals surface area contributed by atoms with E-state index in [1.54, 1.807) is 6.20 Å². The third-order valence-corrected chi connectivity index (χ3v) is 4.76. The normalized spacial score (nSPS) is 15.5. The summed E-state index contributed by atoms with van der Waals surface area (Å²) in [6, 6.07) is 5.58. The highest BCUT2D eigenvalue weighted by atomic mass is 79.9. The van der Waals surface area contributed by atoms with Crippen LogP contribution in [-0.2, 0) is 4.79 Å². The van der Waals surface area contributed by atoms with E-state index in [9.17, 15) is 9.59 Å². The number of carbonyl (C=O) groups excluding carboxylic acids is 1. The highest BCUT2D eigenvalue weighted by molar-refractivity contribution is 9.10. The quantitative estimate of drug-likeness (QED) is 0.727. The summed E-state index contributed by atoms with van der Waals surface area (Å²) in [6.07, 6.45) is 1.62. The molecule has 0 radical (unpaired) electrons. The van der Waals surface area contributed by atoms with Gasteiger partial charge in [-0.05, 0) is 31.0 Å². The molecule has 4 N–H and O–H groups in total. The molecular weight excluding hydrogens is 376 g/mol. The largest absolute Gasteiger partial charge is 0.465 e. The van der Waals surface area contributed by atoms with Crippen LogP contribution >= 0.6 is 15.9 Å². The predicted octanol–water partition coefficient (Wildman–Crippen LogP) is 2.91. The number of pyridine rings is 1. The van der Waals surface area contributed by atoms with Crippen LogP contribution in [0, 0.1) is 5.92 Å². The first kappa shape index (κ1) is 16.5. The summed E-state index contributed by atoms with van der Waals surface area (Å²) in [7, 11) is 0. The minimum Gasteiger partial charge on any atom is -0.465 e. The van der Waals surface area contributed by atoms with Crippen molar-refractivity contribution in [3.05, 3.63) is 28.9 Å². The Balaban J connectivity index is 1.73. The summed E-state index contributed by atoms with van der Waals surface area (Å²) in [5.41, 5.74) is 7.86. The van der Waals surface area contributed by atoms with Gasteiger partial charge in [-0.3, -0.25) is 9.78 Å². The Hall–Kier alpha value is -2.35. The lowest BCUT2D eigenvalue weighted by atomic mass is 9.96. The van der Waals surface area contributed by atoms with Gasteiger partial charge >= 0.3 is 6.09 Å². The molecule has 1 saturated heterocycles. The molecule has 1 aliphatic rings. The standard InChI is InChI=1S/C16H17BrN4O3/c17-10-1-2-11-12(7-10)19-8-13(14(11)18)20-15(22)9-3-5-21(6-4-9)16(23)24/h1-2,7-9H,3-6H2,(H2,18,19)(H,20,22)(H,23,24). The molecule has 1 aromatic heterocycles. The van der Waals surface area contributed by atoms with Gasteiger partial charge in [0.2, 0.25) is 5.91 Å². The van der Waals surface area contributed by atoms with Crippen molar-refractivity contribution in [3.63, 3.8) is 0 Å². The molecule has 3 rings (SSSR count). The van der Waals surface area contributed by atoms with Crippen molar-refractivity contribution < 1.29 is 14.7 Å². The summed E-state index contributed by atoms with van der Waals surface area (Å²) in [5, 5.41) is 12.6. The highest BCUT2D eigenvalue weighted by Crippen LogP contribution is 2.29. The zero-order valence-electron chi connectivity index (χ0n) is 12.8. The molecule has 2 heterocycles. The number of nitrogens with two attached hydrogens (primary N) is 1. The van der Waals surface area contributed by atoms with Crippen LogP contribution in [-0.4, -0.2) is 40.1 Å². The van der Waals surface area contributed by atoms with Gasteiger partial charge in [-0.1, -0.05) is 15.9 Å². The smallest absolute Gasteiger partial charge is 0.407 e. The van der Waals surface area contributed by atoms with E-state index in [1.165, 1.54) is 4.90 Å². The molecule has 126 valence electrons. The number of hydrogen-bond donors (Lipinski definition) is 3. The van der Waals surface area contributed by atoms with Crippen LogP contribution in [0.4, 0.5) is 16.2 Å². The number of nitrogens with zero attached hydrogens (tertiary/aromatic N) is 2. The Bertz CT molecular complexity index is 803. The predicted molar refractivity (Wildman–Crippen MR) is 94.8 cm³/mol. The zero-order valence-corrected chi connectivity index (χ0v) is 14.4. The number of nitrogens with one attached hydrogen (secondary N) is 1. The molecule has 0 unspecified atom stereocenters. The summed E-state index contributed by atoms with van der Waals surface area (Å²) in [5.74, 6) is -0.370. The molecule has 0 atom stereocenters. The van der Waals surface area contributed by atoms with Crippen LogP contribution in [0.1, 0.15) is 12.8 Å². The fourth-order valence-electron chi connectivity index (χ4n) is 2.86. The maximum Gasteiger partial charge on any atom is 0.407 e. The van der Waals surface area contributed by atoms with E-state index in [2.05, 4.69) is 26.2 Å². The molecule has 24 heavy (non-hydrogen) atoms. The Morgan fingerprint density at radius 3 is 2.71 bits per heavy atom. The molecule has 1 aliphatic heterocycles. The second-order valence-electron chi connectivity index (χ2n) is 5.78. The second kappa shape index (κ2) is 6.64. The first-order chi connectivity index (χ1) is 11.5. The number of nitrogen functional groups attached to an aromatic ring is 1. The number of rotatable bonds is 2. The van der Waals surface area contributed by atoms with Crippen molar-refractivity contribution in [2.45, 2.75) is 12.8 Å². The zero-order chi connectivity index (χ0) is 17.3. The maximum atomic E-state index is 12.4.